The fourth-order valence-corrected chi connectivity index (χ4v) is 4.80. The normalized spacial score (nSPS) is 33.5. The lowest BCUT2D eigenvalue weighted by atomic mass is 10.1. The van der Waals surface area contributed by atoms with Crippen molar-refractivity contribution < 1.29 is 9.00 Å². The van der Waals surface area contributed by atoms with E-state index in [0.29, 0.717) is 6.42 Å². The third-order valence-corrected chi connectivity index (χ3v) is 6.64. The minimum atomic E-state index is -0.725. The Kier molecular flexibility index (Phi) is 3.98. The summed E-state index contributed by atoms with van der Waals surface area (Å²) in [5, 5.41) is 0. The summed E-state index contributed by atoms with van der Waals surface area (Å²) in [5.41, 5.74) is 0. The standard InChI is InChI=1S/C9H16O2S2/c1-8(10)4-6-9(12-2)5-3-7-13(9)11/h3-7H2,1-2H3/t9-,13-/m1/s1. The summed E-state index contributed by atoms with van der Waals surface area (Å²) in [6.45, 7) is 1.60. The van der Waals surface area contributed by atoms with Crippen LogP contribution in [0.4, 0.5) is 0 Å². The van der Waals surface area contributed by atoms with E-state index in [9.17, 15) is 9.00 Å². The lowest BCUT2D eigenvalue weighted by Gasteiger charge is -2.24. The van der Waals surface area contributed by atoms with Crippen molar-refractivity contribution in [2.24, 2.45) is 0 Å². The molecule has 1 aliphatic rings. The topological polar surface area (TPSA) is 34.1 Å². The molecule has 0 radical (unpaired) electrons. The predicted octanol–water partition coefficient (Wildman–Crippen LogP) is 1.96. The Morgan fingerprint density at radius 2 is 2.31 bits per heavy atom. The van der Waals surface area contributed by atoms with E-state index in [4.69, 9.17) is 0 Å². The molecule has 1 heterocycles. The Balaban J connectivity index is 2.59. The SMILES string of the molecule is CS[C@]1(CCC(C)=O)CCC[S@]1=O. The molecule has 1 saturated heterocycles. The van der Waals surface area contributed by atoms with Crippen LogP contribution in [-0.4, -0.2) is 26.1 Å². The maximum Gasteiger partial charge on any atom is 0.129 e. The van der Waals surface area contributed by atoms with Crippen molar-refractivity contribution in [2.45, 2.75) is 36.7 Å². The number of rotatable bonds is 4. The molecule has 0 saturated carbocycles. The maximum absolute atomic E-state index is 11.7. The van der Waals surface area contributed by atoms with Gasteiger partial charge in [-0.2, -0.15) is 0 Å². The van der Waals surface area contributed by atoms with Gasteiger partial charge in [-0.15, -0.1) is 11.8 Å². The fraction of sp³-hybridized carbons (Fsp3) is 0.889. The summed E-state index contributed by atoms with van der Waals surface area (Å²) in [5.74, 6) is 1.02. The fourth-order valence-electron chi connectivity index (χ4n) is 1.67. The molecule has 76 valence electrons. The Bertz CT molecular complexity index is 228. The van der Waals surface area contributed by atoms with Crippen LogP contribution in [0.2, 0.25) is 0 Å². The Morgan fingerprint density at radius 3 is 2.69 bits per heavy atom. The van der Waals surface area contributed by atoms with Crippen LogP contribution in [0.25, 0.3) is 0 Å². The Hall–Kier alpha value is 0.170. The van der Waals surface area contributed by atoms with Crippen LogP contribution in [-0.2, 0) is 15.6 Å². The van der Waals surface area contributed by atoms with Gasteiger partial charge < -0.3 is 4.79 Å². The first-order valence-electron chi connectivity index (χ1n) is 4.54. The van der Waals surface area contributed by atoms with E-state index in [-0.39, 0.29) is 9.86 Å². The molecule has 1 rings (SSSR count). The summed E-state index contributed by atoms with van der Waals surface area (Å²) in [6.07, 6.45) is 5.42. The molecule has 0 spiro atoms. The summed E-state index contributed by atoms with van der Waals surface area (Å²) < 4.78 is 11.6. The van der Waals surface area contributed by atoms with Gasteiger partial charge >= 0.3 is 0 Å². The van der Waals surface area contributed by atoms with Gasteiger partial charge in [0.2, 0.25) is 0 Å². The van der Waals surface area contributed by atoms with Crippen LogP contribution in [0.15, 0.2) is 0 Å². The molecule has 0 aromatic rings. The lowest BCUT2D eigenvalue weighted by molar-refractivity contribution is -0.117. The Labute approximate surface area is 86.3 Å². The lowest BCUT2D eigenvalue weighted by Crippen LogP contribution is -2.26. The molecule has 0 aromatic heterocycles. The van der Waals surface area contributed by atoms with Crippen LogP contribution in [0.3, 0.4) is 0 Å². The Morgan fingerprint density at radius 1 is 1.62 bits per heavy atom. The smallest absolute Gasteiger partial charge is 0.129 e. The maximum atomic E-state index is 11.7. The molecule has 0 amide bonds. The van der Waals surface area contributed by atoms with Crippen molar-refractivity contribution in [1.82, 2.24) is 0 Å². The van der Waals surface area contributed by atoms with Gasteiger partial charge in [0.1, 0.15) is 5.78 Å². The summed E-state index contributed by atoms with van der Waals surface area (Å²) >= 11 is 1.68. The molecular formula is C9H16O2S2. The van der Waals surface area contributed by atoms with Gasteiger partial charge in [-0.1, -0.05) is 0 Å². The van der Waals surface area contributed by atoms with E-state index in [0.717, 1.165) is 25.0 Å². The average Bonchev–Trinajstić information content (AvgIpc) is 2.45. The number of carbonyl (C=O) groups excluding carboxylic acids is 1. The largest absolute Gasteiger partial charge is 0.300 e. The predicted molar refractivity (Wildman–Crippen MR) is 58.4 cm³/mol. The number of hydrogen-bond acceptors (Lipinski definition) is 3. The number of thioether (sulfide) groups is 1. The van der Waals surface area contributed by atoms with Gasteiger partial charge in [0.05, 0.1) is 4.08 Å². The molecule has 2 nitrogen and oxygen atoms in total. The van der Waals surface area contributed by atoms with Crippen LogP contribution in [0.5, 0.6) is 0 Å². The molecule has 0 unspecified atom stereocenters. The van der Waals surface area contributed by atoms with E-state index in [1.165, 1.54) is 0 Å². The highest BCUT2D eigenvalue weighted by molar-refractivity contribution is 8.12. The van der Waals surface area contributed by atoms with Crippen molar-refractivity contribution in [3.63, 3.8) is 0 Å². The van der Waals surface area contributed by atoms with Crippen molar-refractivity contribution in [3.05, 3.63) is 0 Å². The molecule has 2 atom stereocenters. The molecule has 0 bridgehead atoms. The molecule has 0 N–H and O–H groups in total. The molecule has 1 fully saturated rings. The van der Waals surface area contributed by atoms with E-state index >= 15 is 0 Å². The highest BCUT2D eigenvalue weighted by Crippen LogP contribution is 2.41. The zero-order valence-electron chi connectivity index (χ0n) is 8.17. The molecule has 0 aromatic carbocycles. The number of hydrogen-bond donors (Lipinski definition) is 0. The third-order valence-electron chi connectivity index (χ3n) is 2.53. The average molecular weight is 220 g/mol. The minimum absolute atomic E-state index is 0.105. The zero-order chi connectivity index (χ0) is 9.90. The molecule has 4 heteroatoms. The summed E-state index contributed by atoms with van der Waals surface area (Å²) in [4.78, 5) is 10.9. The summed E-state index contributed by atoms with van der Waals surface area (Å²) in [6, 6.07) is 0. The van der Waals surface area contributed by atoms with Gasteiger partial charge in [-0.05, 0) is 32.4 Å². The molecule has 0 aliphatic carbocycles. The van der Waals surface area contributed by atoms with Gasteiger partial charge in [-0.3, -0.25) is 4.21 Å². The van der Waals surface area contributed by atoms with Crippen molar-refractivity contribution in [3.8, 4) is 0 Å². The monoisotopic (exact) mass is 220 g/mol. The second-order valence-corrected chi connectivity index (χ2v) is 6.80. The molecular weight excluding hydrogens is 204 g/mol. The van der Waals surface area contributed by atoms with Gasteiger partial charge in [-0.25, -0.2) is 0 Å². The first-order valence-corrected chi connectivity index (χ1v) is 7.08. The first-order chi connectivity index (χ1) is 6.10. The van der Waals surface area contributed by atoms with Crippen LogP contribution >= 0.6 is 11.8 Å². The number of carbonyl (C=O) groups is 1. The first kappa shape index (κ1) is 11.2. The van der Waals surface area contributed by atoms with Gasteiger partial charge in [0.25, 0.3) is 0 Å². The second-order valence-electron chi connectivity index (χ2n) is 3.47. The minimum Gasteiger partial charge on any atom is -0.300 e. The van der Waals surface area contributed by atoms with Crippen LogP contribution in [0.1, 0.15) is 32.6 Å². The van der Waals surface area contributed by atoms with E-state index in [1.807, 2.05) is 6.26 Å². The highest BCUT2D eigenvalue weighted by Gasteiger charge is 2.39. The number of Topliss-reactive ketones (excluding diaryl/α,β-unsaturated/α-hetero) is 1. The van der Waals surface area contributed by atoms with Crippen molar-refractivity contribution in [1.29, 1.82) is 0 Å². The zero-order valence-corrected chi connectivity index (χ0v) is 9.80. The van der Waals surface area contributed by atoms with E-state index < -0.39 is 10.8 Å². The highest BCUT2D eigenvalue weighted by atomic mass is 32.2. The van der Waals surface area contributed by atoms with E-state index in [1.54, 1.807) is 18.7 Å². The van der Waals surface area contributed by atoms with Gasteiger partial charge in [0.15, 0.2) is 0 Å². The third kappa shape index (κ3) is 2.56. The quantitative estimate of drug-likeness (QED) is 0.726. The number of ketones is 1. The van der Waals surface area contributed by atoms with E-state index in [2.05, 4.69) is 0 Å². The second kappa shape index (κ2) is 4.60. The van der Waals surface area contributed by atoms with Crippen molar-refractivity contribution >= 4 is 28.3 Å². The molecule has 1 aliphatic heterocycles. The summed E-state index contributed by atoms with van der Waals surface area (Å²) in [7, 11) is -0.725. The van der Waals surface area contributed by atoms with Crippen molar-refractivity contribution in [2.75, 3.05) is 12.0 Å². The van der Waals surface area contributed by atoms with Gasteiger partial charge in [0, 0.05) is 23.0 Å². The van der Waals surface area contributed by atoms with Crippen LogP contribution in [0, 0.1) is 0 Å². The molecule has 13 heavy (non-hydrogen) atoms. The van der Waals surface area contributed by atoms with Crippen LogP contribution < -0.4 is 0 Å².